The summed E-state index contributed by atoms with van der Waals surface area (Å²) < 4.78 is 43.6. The number of nitrogens with one attached hydrogen (secondary N) is 1. The molecule has 0 aromatic heterocycles. The lowest BCUT2D eigenvalue weighted by atomic mass is 9.80. The monoisotopic (exact) mass is 342 g/mol. The molecule has 2 aliphatic heterocycles. The highest BCUT2D eigenvalue weighted by Crippen LogP contribution is 2.44. The zero-order valence-corrected chi connectivity index (χ0v) is 13.5. The number of nitrogens with zero attached hydrogens (tertiary/aromatic N) is 1. The first-order valence-corrected chi connectivity index (χ1v) is 8.09. The largest absolute Gasteiger partial charge is 0.487 e. The molecule has 1 N–H and O–H groups in total. The highest BCUT2D eigenvalue weighted by molar-refractivity contribution is 5.77. The van der Waals surface area contributed by atoms with Gasteiger partial charge >= 0.3 is 6.18 Å². The standard InChI is InChI=1S/C17H21F3N2O2/c1-22-8-6-16(7-9-22)10-13(21-15(23)11-17(18,19)20)12-4-2-3-5-14(12)24-16/h2-5,13H,6-11H2,1H3,(H,21,23). The second kappa shape index (κ2) is 6.27. The minimum absolute atomic E-state index is 0.420. The molecule has 0 bridgehead atoms. The van der Waals surface area contributed by atoms with Crippen molar-refractivity contribution >= 4 is 5.91 Å². The fourth-order valence-electron chi connectivity index (χ4n) is 3.51. The molecular formula is C17H21F3N2O2. The maximum Gasteiger partial charge on any atom is 0.397 e. The number of benzene rings is 1. The van der Waals surface area contributed by atoms with E-state index in [4.69, 9.17) is 4.74 Å². The molecule has 1 aromatic carbocycles. The molecule has 3 rings (SSSR count). The Morgan fingerprint density at radius 2 is 2.00 bits per heavy atom. The first-order chi connectivity index (χ1) is 11.3. The highest BCUT2D eigenvalue weighted by atomic mass is 19.4. The maximum atomic E-state index is 12.5. The van der Waals surface area contributed by atoms with Gasteiger partial charge in [-0.1, -0.05) is 18.2 Å². The zero-order valence-electron chi connectivity index (χ0n) is 13.5. The van der Waals surface area contributed by atoms with Gasteiger partial charge in [-0.2, -0.15) is 13.2 Å². The lowest BCUT2D eigenvalue weighted by Crippen LogP contribution is -2.51. The number of likely N-dealkylation sites (tertiary alicyclic amines) is 1. The predicted molar refractivity (Wildman–Crippen MR) is 82.7 cm³/mol. The quantitative estimate of drug-likeness (QED) is 0.898. The number of alkyl halides is 3. The van der Waals surface area contributed by atoms with Crippen LogP contribution in [0.4, 0.5) is 13.2 Å². The van der Waals surface area contributed by atoms with Crippen molar-refractivity contribution in [3.05, 3.63) is 29.8 Å². The molecule has 0 saturated carbocycles. The molecule has 7 heteroatoms. The molecule has 1 spiro atoms. The molecule has 132 valence electrons. The molecule has 24 heavy (non-hydrogen) atoms. The summed E-state index contributed by atoms with van der Waals surface area (Å²) in [7, 11) is 2.03. The SMILES string of the molecule is CN1CCC2(CC1)CC(NC(=O)CC(F)(F)F)c1ccccc1O2. The van der Waals surface area contributed by atoms with E-state index in [1.807, 2.05) is 19.2 Å². The number of carbonyl (C=O) groups is 1. The second-order valence-corrected chi connectivity index (χ2v) is 6.74. The molecule has 1 amide bonds. The van der Waals surface area contributed by atoms with E-state index in [2.05, 4.69) is 10.2 Å². The van der Waals surface area contributed by atoms with Crippen LogP contribution in [0, 0.1) is 0 Å². The highest BCUT2D eigenvalue weighted by Gasteiger charge is 2.43. The van der Waals surface area contributed by atoms with Crippen LogP contribution in [-0.4, -0.2) is 42.7 Å². The number of rotatable bonds is 2. The Morgan fingerprint density at radius 1 is 1.33 bits per heavy atom. The van der Waals surface area contributed by atoms with Gasteiger partial charge in [0, 0.05) is 25.1 Å². The summed E-state index contributed by atoms with van der Waals surface area (Å²) >= 11 is 0. The molecular weight excluding hydrogens is 321 g/mol. The van der Waals surface area contributed by atoms with Gasteiger partial charge in [-0.15, -0.1) is 0 Å². The minimum Gasteiger partial charge on any atom is -0.487 e. The Labute approximate surface area is 139 Å². The number of para-hydroxylation sites is 1. The minimum atomic E-state index is -4.50. The van der Waals surface area contributed by atoms with E-state index >= 15 is 0 Å². The van der Waals surface area contributed by atoms with Crippen LogP contribution in [0.2, 0.25) is 0 Å². The number of carbonyl (C=O) groups excluding carboxylic acids is 1. The summed E-state index contributed by atoms with van der Waals surface area (Å²) in [6, 6.07) is 6.81. The number of ether oxygens (including phenoxy) is 1. The Hall–Kier alpha value is -1.76. The Bertz CT molecular complexity index is 610. The number of fused-ring (bicyclic) bond motifs is 1. The molecule has 2 aliphatic rings. The zero-order chi connectivity index (χ0) is 17.4. The fraction of sp³-hybridized carbons (Fsp3) is 0.588. The molecule has 1 atom stereocenters. The van der Waals surface area contributed by atoms with E-state index in [1.54, 1.807) is 12.1 Å². The summed E-state index contributed by atoms with van der Waals surface area (Å²) in [5.74, 6) is -0.335. The van der Waals surface area contributed by atoms with Crippen LogP contribution in [0.3, 0.4) is 0 Å². The number of amides is 1. The van der Waals surface area contributed by atoms with Gasteiger partial charge in [0.25, 0.3) is 0 Å². The van der Waals surface area contributed by atoms with Crippen molar-refractivity contribution in [1.82, 2.24) is 10.2 Å². The van der Waals surface area contributed by atoms with Gasteiger partial charge in [0.2, 0.25) is 5.91 Å². The van der Waals surface area contributed by atoms with Crippen LogP contribution < -0.4 is 10.1 Å². The van der Waals surface area contributed by atoms with Crippen LogP contribution in [0.25, 0.3) is 0 Å². The smallest absolute Gasteiger partial charge is 0.397 e. The molecule has 1 saturated heterocycles. The predicted octanol–water partition coefficient (Wildman–Crippen LogP) is 3.04. The normalized spacial score (nSPS) is 23.4. The average molecular weight is 342 g/mol. The van der Waals surface area contributed by atoms with Crippen LogP contribution in [-0.2, 0) is 4.79 Å². The lowest BCUT2D eigenvalue weighted by Gasteiger charge is -2.46. The topological polar surface area (TPSA) is 41.6 Å². The van der Waals surface area contributed by atoms with Gasteiger partial charge in [-0.3, -0.25) is 4.79 Å². The summed E-state index contributed by atoms with van der Waals surface area (Å²) in [4.78, 5) is 14.0. The summed E-state index contributed by atoms with van der Waals surface area (Å²) in [5.41, 5.74) is 0.328. The Kier molecular flexibility index (Phi) is 4.46. The van der Waals surface area contributed by atoms with Crippen LogP contribution in [0.15, 0.2) is 24.3 Å². The Balaban J connectivity index is 1.80. The van der Waals surface area contributed by atoms with Gasteiger partial charge in [0.1, 0.15) is 17.8 Å². The molecule has 1 fully saturated rings. The molecule has 1 unspecified atom stereocenters. The van der Waals surface area contributed by atoms with E-state index < -0.39 is 30.1 Å². The van der Waals surface area contributed by atoms with Crippen molar-refractivity contribution in [1.29, 1.82) is 0 Å². The summed E-state index contributed by atoms with van der Waals surface area (Å²) in [6.45, 7) is 1.73. The van der Waals surface area contributed by atoms with E-state index in [0.29, 0.717) is 12.2 Å². The maximum absolute atomic E-state index is 12.5. The third-order valence-electron chi connectivity index (χ3n) is 4.79. The van der Waals surface area contributed by atoms with E-state index in [9.17, 15) is 18.0 Å². The first-order valence-electron chi connectivity index (χ1n) is 8.09. The third kappa shape index (κ3) is 3.83. The average Bonchev–Trinajstić information content (AvgIpc) is 2.49. The summed E-state index contributed by atoms with van der Waals surface area (Å²) in [6.07, 6.45) is -3.86. The van der Waals surface area contributed by atoms with Crippen LogP contribution in [0.1, 0.15) is 37.3 Å². The fourth-order valence-corrected chi connectivity index (χ4v) is 3.51. The number of piperidine rings is 1. The van der Waals surface area contributed by atoms with Crippen LogP contribution >= 0.6 is 0 Å². The third-order valence-corrected chi connectivity index (χ3v) is 4.79. The molecule has 1 aromatic rings. The lowest BCUT2D eigenvalue weighted by molar-refractivity contribution is -0.154. The van der Waals surface area contributed by atoms with Crippen molar-refractivity contribution in [2.45, 2.75) is 43.5 Å². The van der Waals surface area contributed by atoms with Gasteiger partial charge in [0.15, 0.2) is 0 Å². The molecule has 2 heterocycles. The van der Waals surface area contributed by atoms with Gasteiger partial charge < -0.3 is 15.0 Å². The number of hydrogen-bond donors (Lipinski definition) is 1. The van der Waals surface area contributed by atoms with E-state index in [0.717, 1.165) is 31.5 Å². The van der Waals surface area contributed by atoms with Gasteiger partial charge in [-0.25, -0.2) is 0 Å². The van der Waals surface area contributed by atoms with Gasteiger partial charge in [0.05, 0.1) is 6.04 Å². The van der Waals surface area contributed by atoms with Gasteiger partial charge in [-0.05, 0) is 26.0 Å². The molecule has 4 nitrogen and oxygen atoms in total. The Morgan fingerprint density at radius 3 is 2.67 bits per heavy atom. The molecule has 0 radical (unpaired) electrons. The first kappa shape index (κ1) is 17.1. The molecule has 0 aliphatic carbocycles. The van der Waals surface area contributed by atoms with Crippen molar-refractivity contribution in [3.63, 3.8) is 0 Å². The number of halogens is 3. The van der Waals surface area contributed by atoms with Crippen molar-refractivity contribution < 1.29 is 22.7 Å². The number of hydrogen-bond acceptors (Lipinski definition) is 3. The van der Waals surface area contributed by atoms with Crippen LogP contribution in [0.5, 0.6) is 5.75 Å². The second-order valence-electron chi connectivity index (χ2n) is 6.74. The van der Waals surface area contributed by atoms with E-state index in [1.165, 1.54) is 0 Å². The summed E-state index contributed by atoms with van der Waals surface area (Å²) in [5, 5.41) is 2.56. The van der Waals surface area contributed by atoms with Crippen molar-refractivity contribution in [2.24, 2.45) is 0 Å². The van der Waals surface area contributed by atoms with Crippen molar-refractivity contribution in [2.75, 3.05) is 20.1 Å². The van der Waals surface area contributed by atoms with E-state index in [-0.39, 0.29) is 0 Å². The van der Waals surface area contributed by atoms with Crippen molar-refractivity contribution in [3.8, 4) is 5.75 Å².